The number of nitrogens with zero attached hydrogens (tertiary/aromatic N) is 2. The summed E-state index contributed by atoms with van der Waals surface area (Å²) in [6.45, 7) is 0. The van der Waals surface area contributed by atoms with Gasteiger partial charge in [0.05, 0.1) is 0 Å². The summed E-state index contributed by atoms with van der Waals surface area (Å²) >= 11 is 1.56. The molecule has 2 N–H and O–H groups in total. The highest BCUT2D eigenvalue weighted by Crippen LogP contribution is 2.61. The van der Waals surface area contributed by atoms with Crippen LogP contribution in [0.3, 0.4) is 0 Å². The molecule has 4 saturated carbocycles. The second-order valence-corrected chi connectivity index (χ2v) is 9.99. The quantitative estimate of drug-likeness (QED) is 0.705. The first-order valence-corrected chi connectivity index (χ1v) is 11.4. The highest BCUT2D eigenvalue weighted by Gasteiger charge is 2.51. The molecule has 0 radical (unpaired) electrons. The number of hydrogen-bond acceptors (Lipinski definition) is 6. The zero-order valence-corrected chi connectivity index (χ0v) is 17.2. The second-order valence-electron chi connectivity index (χ2n) is 9.21. The van der Waals surface area contributed by atoms with E-state index >= 15 is 0 Å². The molecule has 8 heteroatoms. The Hall–Kier alpha value is -2.22. The van der Waals surface area contributed by atoms with Crippen molar-refractivity contribution in [1.29, 1.82) is 0 Å². The summed E-state index contributed by atoms with van der Waals surface area (Å²) in [6, 6.07) is 1.92. The molecule has 0 spiro atoms. The van der Waals surface area contributed by atoms with Crippen LogP contribution in [0, 0.1) is 23.2 Å². The van der Waals surface area contributed by atoms with Crippen molar-refractivity contribution in [2.45, 2.75) is 57.8 Å². The summed E-state index contributed by atoms with van der Waals surface area (Å²) in [6.07, 6.45) is 8.70. The van der Waals surface area contributed by atoms with E-state index in [1.165, 1.54) is 38.5 Å². The van der Waals surface area contributed by atoms with E-state index in [0.717, 1.165) is 23.3 Å². The molecule has 4 aliphatic carbocycles. The molecule has 0 aromatic carbocycles. The van der Waals surface area contributed by atoms with Gasteiger partial charge in [-0.15, -0.1) is 0 Å². The average Bonchev–Trinajstić information content (AvgIpc) is 3.34. The summed E-state index contributed by atoms with van der Waals surface area (Å²) in [5.74, 6) is 3.08. The van der Waals surface area contributed by atoms with Crippen molar-refractivity contribution in [3.63, 3.8) is 0 Å². The molecular formula is C21H26N4O3S. The number of hydrogen-bond donors (Lipinski definition) is 2. The predicted octanol–water partition coefficient (Wildman–Crippen LogP) is 3.48. The van der Waals surface area contributed by atoms with Gasteiger partial charge >= 0.3 is 0 Å². The number of aryl methyl sites for hydroxylation is 1. The number of carbonyl (C=O) groups excluding carboxylic acids is 2. The van der Waals surface area contributed by atoms with Crippen LogP contribution in [0.2, 0.25) is 0 Å². The van der Waals surface area contributed by atoms with Crippen LogP contribution in [0.1, 0.15) is 57.3 Å². The van der Waals surface area contributed by atoms with Gasteiger partial charge in [-0.3, -0.25) is 20.4 Å². The third-order valence-electron chi connectivity index (χ3n) is 6.86. The fraction of sp³-hybridized carbons (Fsp3) is 0.619. The first-order valence-electron chi connectivity index (χ1n) is 10.5. The van der Waals surface area contributed by atoms with Crippen LogP contribution >= 0.6 is 11.3 Å². The highest BCUT2D eigenvalue weighted by molar-refractivity contribution is 7.08. The molecule has 4 aliphatic rings. The maximum atomic E-state index is 12.5. The molecule has 2 heterocycles. The maximum absolute atomic E-state index is 12.5. The second kappa shape index (κ2) is 7.55. The van der Waals surface area contributed by atoms with Crippen LogP contribution in [-0.2, 0) is 16.0 Å². The summed E-state index contributed by atoms with van der Waals surface area (Å²) < 4.78 is 5.20. The molecule has 0 saturated heterocycles. The number of rotatable bonds is 6. The smallest absolute Gasteiger partial charge is 0.238 e. The fourth-order valence-electron chi connectivity index (χ4n) is 6.18. The molecule has 0 unspecified atom stereocenters. The van der Waals surface area contributed by atoms with E-state index in [1.54, 1.807) is 11.3 Å². The van der Waals surface area contributed by atoms with Gasteiger partial charge in [-0.1, -0.05) is 5.16 Å². The van der Waals surface area contributed by atoms with Crippen LogP contribution in [-0.4, -0.2) is 22.0 Å². The Bertz CT molecular complexity index is 856. The Morgan fingerprint density at radius 2 is 1.79 bits per heavy atom. The molecular weight excluding hydrogens is 388 g/mol. The number of aromatic nitrogens is 2. The minimum absolute atomic E-state index is 0.0714. The van der Waals surface area contributed by atoms with Crippen LogP contribution in [0.25, 0.3) is 11.4 Å². The van der Waals surface area contributed by atoms with Gasteiger partial charge in [-0.25, -0.2) is 0 Å². The van der Waals surface area contributed by atoms with Crippen LogP contribution < -0.4 is 10.9 Å². The first kappa shape index (κ1) is 18.8. The van der Waals surface area contributed by atoms with Crippen molar-refractivity contribution in [2.24, 2.45) is 23.2 Å². The predicted molar refractivity (Wildman–Crippen MR) is 107 cm³/mol. The van der Waals surface area contributed by atoms with Crippen LogP contribution in [0.15, 0.2) is 21.3 Å². The lowest BCUT2D eigenvalue weighted by atomic mass is 9.49. The molecule has 4 fully saturated rings. The molecule has 0 atom stereocenters. The Labute approximate surface area is 173 Å². The number of carbonyl (C=O) groups is 2. The Morgan fingerprint density at radius 1 is 1.10 bits per heavy atom. The van der Waals surface area contributed by atoms with Gasteiger partial charge in [0.15, 0.2) is 0 Å². The molecule has 154 valence electrons. The third-order valence-corrected chi connectivity index (χ3v) is 7.54. The average molecular weight is 415 g/mol. The Kier molecular flexibility index (Phi) is 4.89. The van der Waals surface area contributed by atoms with Gasteiger partial charge in [0.2, 0.25) is 23.5 Å². The van der Waals surface area contributed by atoms with E-state index in [2.05, 4.69) is 21.0 Å². The number of hydrazine groups is 1. The lowest BCUT2D eigenvalue weighted by molar-refractivity contribution is -0.134. The van der Waals surface area contributed by atoms with Crippen molar-refractivity contribution in [3.8, 4) is 11.4 Å². The topological polar surface area (TPSA) is 97.1 Å². The molecule has 2 aromatic rings. The summed E-state index contributed by atoms with van der Waals surface area (Å²) in [5.41, 5.74) is 6.24. The van der Waals surface area contributed by atoms with E-state index < -0.39 is 0 Å². The minimum atomic E-state index is -0.251. The van der Waals surface area contributed by atoms with Crippen LogP contribution in [0.5, 0.6) is 0 Å². The first-order chi connectivity index (χ1) is 14.1. The van der Waals surface area contributed by atoms with E-state index in [0.29, 0.717) is 24.6 Å². The van der Waals surface area contributed by atoms with Crippen molar-refractivity contribution >= 4 is 23.2 Å². The number of thiophene rings is 1. The molecule has 6 rings (SSSR count). The zero-order valence-electron chi connectivity index (χ0n) is 16.4. The van der Waals surface area contributed by atoms with Crippen molar-refractivity contribution in [2.75, 3.05) is 0 Å². The molecule has 2 amide bonds. The minimum Gasteiger partial charge on any atom is -0.339 e. The standard InChI is InChI=1S/C21H26N4O3S/c26-17(1-2-19-22-20(25-28-19)16-3-4-29-12-16)23-24-18(27)11-21-8-13-5-14(9-21)7-15(6-13)10-21/h3-4,12-15H,1-2,5-11H2,(H,23,26)(H,24,27). The van der Waals surface area contributed by atoms with E-state index in [9.17, 15) is 9.59 Å². The maximum Gasteiger partial charge on any atom is 0.238 e. The fourth-order valence-corrected chi connectivity index (χ4v) is 6.81. The van der Waals surface area contributed by atoms with E-state index in [-0.39, 0.29) is 23.7 Å². The van der Waals surface area contributed by atoms with Crippen LogP contribution in [0.4, 0.5) is 0 Å². The van der Waals surface area contributed by atoms with Crippen molar-refractivity contribution < 1.29 is 14.1 Å². The van der Waals surface area contributed by atoms with Gasteiger partial charge in [-0.2, -0.15) is 16.3 Å². The lowest BCUT2D eigenvalue weighted by Gasteiger charge is -2.56. The largest absolute Gasteiger partial charge is 0.339 e. The molecule has 7 nitrogen and oxygen atoms in total. The van der Waals surface area contributed by atoms with Gasteiger partial charge in [0.1, 0.15) is 0 Å². The molecule has 29 heavy (non-hydrogen) atoms. The van der Waals surface area contributed by atoms with Gasteiger partial charge in [0, 0.05) is 30.2 Å². The molecule has 2 aromatic heterocycles. The van der Waals surface area contributed by atoms with Gasteiger partial charge in [-0.05, 0) is 73.1 Å². The van der Waals surface area contributed by atoms with Gasteiger partial charge < -0.3 is 4.52 Å². The molecule has 0 aliphatic heterocycles. The highest BCUT2D eigenvalue weighted by atomic mass is 32.1. The normalized spacial score (nSPS) is 29.7. The Balaban J connectivity index is 1.07. The Morgan fingerprint density at radius 3 is 2.45 bits per heavy atom. The van der Waals surface area contributed by atoms with Gasteiger partial charge in [0.25, 0.3) is 0 Å². The third kappa shape index (κ3) is 4.08. The number of amides is 2. The SMILES string of the molecule is O=C(CCc1nc(-c2ccsc2)no1)NNC(=O)CC12CC3CC(CC(C3)C1)C2. The van der Waals surface area contributed by atoms with Crippen molar-refractivity contribution in [1.82, 2.24) is 21.0 Å². The summed E-state index contributed by atoms with van der Waals surface area (Å²) in [7, 11) is 0. The van der Waals surface area contributed by atoms with E-state index in [4.69, 9.17) is 4.52 Å². The lowest BCUT2D eigenvalue weighted by Crippen LogP contribution is -2.50. The zero-order chi connectivity index (χ0) is 19.8. The summed E-state index contributed by atoms with van der Waals surface area (Å²) in [4.78, 5) is 28.9. The monoisotopic (exact) mass is 414 g/mol. The number of nitrogens with one attached hydrogen (secondary N) is 2. The molecule has 4 bridgehead atoms. The van der Waals surface area contributed by atoms with E-state index in [1.807, 2.05) is 16.8 Å². The van der Waals surface area contributed by atoms with Crippen molar-refractivity contribution in [3.05, 3.63) is 22.7 Å². The summed E-state index contributed by atoms with van der Waals surface area (Å²) in [5, 5.41) is 7.83.